The van der Waals surface area contributed by atoms with E-state index in [1.165, 1.54) is 0 Å². The van der Waals surface area contributed by atoms with Gasteiger partial charge in [0.15, 0.2) is 0 Å². The average Bonchev–Trinajstić information content (AvgIpc) is 3.02. The fourth-order valence-corrected chi connectivity index (χ4v) is 2.70. The summed E-state index contributed by atoms with van der Waals surface area (Å²) in [6, 6.07) is 7.13. The first kappa shape index (κ1) is 14.5. The number of amides is 1. The molecule has 1 aromatic heterocycles. The largest absolute Gasteiger partial charge is 0.497 e. The maximum absolute atomic E-state index is 12.4. The lowest BCUT2D eigenvalue weighted by Gasteiger charge is -2.27. The van der Waals surface area contributed by atoms with Crippen molar-refractivity contribution in [2.45, 2.75) is 25.8 Å². The quantitative estimate of drug-likeness (QED) is 0.920. The molecule has 1 amide bonds. The molecule has 0 aliphatic heterocycles. The van der Waals surface area contributed by atoms with Gasteiger partial charge in [-0.3, -0.25) is 4.79 Å². The minimum atomic E-state index is -0.450. The Morgan fingerprint density at radius 2 is 2.30 bits per heavy atom. The normalized spacial score (nSPS) is 13.6. The molecular weight excluding hydrogens is 272 g/mol. The van der Waals surface area contributed by atoms with Crippen LogP contribution in [-0.2, 0) is 5.54 Å². The van der Waals surface area contributed by atoms with Gasteiger partial charge in [0.2, 0.25) is 0 Å². The van der Waals surface area contributed by atoms with E-state index in [0.29, 0.717) is 11.3 Å². The highest BCUT2D eigenvalue weighted by atomic mass is 32.1. The third-order valence-electron chi connectivity index (χ3n) is 3.33. The second kappa shape index (κ2) is 6.05. The summed E-state index contributed by atoms with van der Waals surface area (Å²) in [6.07, 6.45) is 2.53. The molecule has 20 heavy (non-hydrogen) atoms. The van der Waals surface area contributed by atoms with Crippen molar-refractivity contribution in [3.8, 4) is 5.75 Å². The van der Waals surface area contributed by atoms with E-state index >= 15 is 0 Å². The van der Waals surface area contributed by atoms with Gasteiger partial charge in [0.05, 0.1) is 12.6 Å². The maximum atomic E-state index is 12.4. The van der Waals surface area contributed by atoms with Crippen molar-refractivity contribution in [3.05, 3.63) is 46.4 Å². The zero-order chi connectivity index (χ0) is 14.6. The zero-order valence-electron chi connectivity index (χ0n) is 11.8. The van der Waals surface area contributed by atoms with Gasteiger partial charge >= 0.3 is 0 Å². The van der Waals surface area contributed by atoms with E-state index in [1.807, 2.05) is 25.3 Å². The Kier molecular flexibility index (Phi) is 4.39. The summed E-state index contributed by atoms with van der Waals surface area (Å²) in [7, 11) is 1.59. The minimum Gasteiger partial charge on any atom is -0.497 e. The maximum Gasteiger partial charge on any atom is 0.252 e. The lowest BCUT2D eigenvalue weighted by Crippen LogP contribution is -2.43. The Labute approximate surface area is 122 Å². The number of nitrogens with zero attached hydrogens (tertiary/aromatic N) is 1. The minimum absolute atomic E-state index is 0.122. The van der Waals surface area contributed by atoms with Gasteiger partial charge in [-0.05, 0) is 31.5 Å². The van der Waals surface area contributed by atoms with Gasteiger partial charge in [-0.25, -0.2) is 4.98 Å². The molecule has 106 valence electrons. The van der Waals surface area contributed by atoms with Crippen LogP contribution >= 0.6 is 11.3 Å². The van der Waals surface area contributed by atoms with E-state index in [4.69, 9.17) is 4.74 Å². The molecule has 0 aliphatic rings. The molecule has 0 aliphatic carbocycles. The van der Waals surface area contributed by atoms with Crippen LogP contribution in [0.2, 0.25) is 0 Å². The van der Waals surface area contributed by atoms with E-state index in [9.17, 15) is 4.79 Å². The molecule has 1 atom stereocenters. The number of aromatic nitrogens is 1. The van der Waals surface area contributed by atoms with Gasteiger partial charge in [-0.2, -0.15) is 0 Å². The average molecular weight is 290 g/mol. The summed E-state index contributed by atoms with van der Waals surface area (Å²) in [5.41, 5.74) is 0.134. The van der Waals surface area contributed by atoms with Gasteiger partial charge in [-0.15, -0.1) is 11.3 Å². The number of benzene rings is 1. The number of thiazole rings is 1. The number of methoxy groups -OCH3 is 1. The molecule has 0 saturated heterocycles. The molecule has 0 spiro atoms. The number of carbonyl (C=O) groups excluding carboxylic acids is 1. The van der Waals surface area contributed by atoms with E-state index < -0.39 is 5.54 Å². The predicted octanol–water partition coefficient (Wildman–Crippen LogP) is 3.21. The van der Waals surface area contributed by atoms with E-state index in [-0.39, 0.29) is 5.91 Å². The molecule has 0 saturated carbocycles. The van der Waals surface area contributed by atoms with Gasteiger partial charge in [-0.1, -0.05) is 13.0 Å². The summed E-state index contributed by atoms with van der Waals surface area (Å²) in [6.45, 7) is 4.02. The molecule has 5 heteroatoms. The van der Waals surface area contributed by atoms with E-state index in [2.05, 4.69) is 10.3 Å². The fraction of sp³-hybridized carbons (Fsp3) is 0.333. The third-order valence-corrected chi connectivity index (χ3v) is 4.37. The van der Waals surface area contributed by atoms with Crippen LogP contribution in [0.3, 0.4) is 0 Å². The molecule has 2 aromatic rings. The zero-order valence-corrected chi connectivity index (χ0v) is 12.7. The molecule has 0 fully saturated rings. The number of ether oxygens (including phenoxy) is 1. The van der Waals surface area contributed by atoms with Crippen molar-refractivity contribution < 1.29 is 9.53 Å². The highest BCUT2D eigenvalue weighted by molar-refractivity contribution is 7.09. The summed E-state index contributed by atoms with van der Waals surface area (Å²) >= 11 is 1.55. The van der Waals surface area contributed by atoms with Crippen LogP contribution in [0.5, 0.6) is 5.75 Å². The molecule has 2 rings (SSSR count). The Morgan fingerprint density at radius 3 is 2.90 bits per heavy atom. The Morgan fingerprint density at radius 1 is 1.50 bits per heavy atom. The van der Waals surface area contributed by atoms with Crippen LogP contribution in [0, 0.1) is 0 Å². The summed E-state index contributed by atoms with van der Waals surface area (Å²) in [5.74, 6) is 0.550. The molecule has 1 unspecified atom stereocenters. The lowest BCUT2D eigenvalue weighted by atomic mass is 9.99. The SMILES string of the molecule is CCC(C)(NC(=O)c1cccc(OC)c1)c1nccs1. The molecular formula is C15H18N2O2S. The summed E-state index contributed by atoms with van der Waals surface area (Å²) in [5, 5.41) is 5.90. The number of hydrogen-bond acceptors (Lipinski definition) is 4. The molecule has 4 nitrogen and oxygen atoms in total. The first-order valence-corrected chi connectivity index (χ1v) is 7.33. The van der Waals surface area contributed by atoms with Gasteiger partial charge < -0.3 is 10.1 Å². The van der Waals surface area contributed by atoms with Crippen molar-refractivity contribution in [1.82, 2.24) is 10.3 Å². The fourth-order valence-electron chi connectivity index (χ4n) is 1.88. The highest BCUT2D eigenvalue weighted by Gasteiger charge is 2.29. The van der Waals surface area contributed by atoms with Crippen LogP contribution in [0.15, 0.2) is 35.8 Å². The number of carbonyl (C=O) groups is 1. The first-order chi connectivity index (χ1) is 9.59. The van der Waals surface area contributed by atoms with Crippen molar-refractivity contribution in [2.75, 3.05) is 7.11 Å². The van der Waals surface area contributed by atoms with Crippen LogP contribution in [-0.4, -0.2) is 18.0 Å². The van der Waals surface area contributed by atoms with Crippen molar-refractivity contribution in [2.24, 2.45) is 0 Å². The van der Waals surface area contributed by atoms with Gasteiger partial charge in [0.25, 0.3) is 5.91 Å². The highest BCUT2D eigenvalue weighted by Crippen LogP contribution is 2.27. The third kappa shape index (κ3) is 2.99. The summed E-state index contributed by atoms with van der Waals surface area (Å²) in [4.78, 5) is 16.7. The predicted molar refractivity (Wildman–Crippen MR) is 80.2 cm³/mol. The Hall–Kier alpha value is -1.88. The molecule has 1 aromatic carbocycles. The standard InChI is InChI=1S/C15H18N2O2S/c1-4-15(2,14-16-8-9-20-14)17-13(18)11-6-5-7-12(10-11)19-3/h5-10H,4H2,1-3H3,(H,17,18). The van der Waals surface area contributed by atoms with E-state index in [1.54, 1.807) is 42.8 Å². The second-order valence-corrected chi connectivity index (χ2v) is 5.60. The van der Waals surface area contributed by atoms with Gasteiger partial charge in [0.1, 0.15) is 10.8 Å². The van der Waals surface area contributed by atoms with E-state index in [0.717, 1.165) is 11.4 Å². The smallest absolute Gasteiger partial charge is 0.252 e. The second-order valence-electron chi connectivity index (χ2n) is 4.71. The lowest BCUT2D eigenvalue weighted by molar-refractivity contribution is 0.0901. The van der Waals surface area contributed by atoms with Crippen molar-refractivity contribution >= 4 is 17.2 Å². The Balaban J connectivity index is 2.21. The topological polar surface area (TPSA) is 51.2 Å². The van der Waals surface area contributed by atoms with Crippen LogP contribution < -0.4 is 10.1 Å². The molecule has 0 bridgehead atoms. The monoisotopic (exact) mass is 290 g/mol. The van der Waals surface area contributed by atoms with Crippen LogP contribution in [0.1, 0.15) is 35.6 Å². The number of hydrogen-bond donors (Lipinski definition) is 1. The molecule has 1 N–H and O–H groups in total. The van der Waals surface area contributed by atoms with Crippen molar-refractivity contribution in [1.29, 1.82) is 0 Å². The number of nitrogens with one attached hydrogen (secondary N) is 1. The molecule has 1 heterocycles. The Bertz CT molecular complexity index is 583. The van der Waals surface area contributed by atoms with Gasteiger partial charge in [0, 0.05) is 17.1 Å². The van der Waals surface area contributed by atoms with Crippen LogP contribution in [0.4, 0.5) is 0 Å². The molecule has 0 radical (unpaired) electrons. The number of rotatable bonds is 5. The summed E-state index contributed by atoms with van der Waals surface area (Å²) < 4.78 is 5.14. The van der Waals surface area contributed by atoms with Crippen LogP contribution in [0.25, 0.3) is 0 Å². The van der Waals surface area contributed by atoms with Crippen molar-refractivity contribution in [3.63, 3.8) is 0 Å². The first-order valence-electron chi connectivity index (χ1n) is 6.45.